The number of carbonyl (C=O) groups excluding carboxylic acids is 1. The summed E-state index contributed by atoms with van der Waals surface area (Å²) in [5.41, 5.74) is 0.102. The van der Waals surface area contributed by atoms with Crippen molar-refractivity contribution in [3.63, 3.8) is 0 Å². The zero-order valence-corrected chi connectivity index (χ0v) is 16.4. The lowest BCUT2D eigenvalue weighted by Crippen LogP contribution is -2.51. The summed E-state index contributed by atoms with van der Waals surface area (Å²) in [6.45, 7) is 1.30. The molecule has 25 heavy (non-hydrogen) atoms. The lowest BCUT2D eigenvalue weighted by atomic mass is 10.2. The summed E-state index contributed by atoms with van der Waals surface area (Å²) in [4.78, 5) is 14.5. The van der Waals surface area contributed by atoms with E-state index < -0.39 is 16.1 Å². The van der Waals surface area contributed by atoms with Crippen LogP contribution in [0.3, 0.4) is 0 Å². The van der Waals surface area contributed by atoms with Crippen molar-refractivity contribution < 1.29 is 13.2 Å². The van der Waals surface area contributed by atoms with Gasteiger partial charge in [-0.05, 0) is 18.2 Å². The monoisotopic (exact) mass is 417 g/mol. The number of carbonyl (C=O) groups is 1. The molecule has 3 rings (SSSR count). The van der Waals surface area contributed by atoms with Crippen LogP contribution in [0.15, 0.2) is 23.1 Å². The molecule has 0 aromatic heterocycles. The highest BCUT2D eigenvalue weighted by Gasteiger charge is 2.42. The van der Waals surface area contributed by atoms with Gasteiger partial charge in [-0.3, -0.25) is 4.79 Å². The Morgan fingerprint density at radius 3 is 2.68 bits per heavy atom. The molecule has 2 fully saturated rings. The maximum Gasteiger partial charge on any atom is 0.244 e. The fourth-order valence-electron chi connectivity index (χ4n) is 2.74. The number of thioether (sulfide) groups is 2. The summed E-state index contributed by atoms with van der Waals surface area (Å²) in [6, 6.07) is 5.23. The molecular formula is C15H16ClN3O3S3. The molecule has 1 unspecified atom stereocenters. The summed E-state index contributed by atoms with van der Waals surface area (Å²) in [7, 11) is -3.87. The summed E-state index contributed by atoms with van der Waals surface area (Å²) in [6.07, 6.45) is 0. The fourth-order valence-corrected chi connectivity index (χ4v) is 6.96. The van der Waals surface area contributed by atoms with E-state index in [-0.39, 0.29) is 27.3 Å². The van der Waals surface area contributed by atoms with Gasteiger partial charge in [0.1, 0.15) is 12.1 Å². The van der Waals surface area contributed by atoms with Crippen LogP contribution in [0.4, 0.5) is 0 Å². The Morgan fingerprint density at radius 1 is 1.28 bits per heavy atom. The normalized spacial score (nSPS) is 21.9. The summed E-state index contributed by atoms with van der Waals surface area (Å²) in [5.74, 6) is 2.29. The van der Waals surface area contributed by atoms with Gasteiger partial charge in [0.05, 0.1) is 21.4 Å². The number of hydrogen-bond acceptors (Lipinski definition) is 6. The second kappa shape index (κ2) is 7.76. The van der Waals surface area contributed by atoms with Crippen LogP contribution in [-0.2, 0) is 14.8 Å². The van der Waals surface area contributed by atoms with Gasteiger partial charge in [0.25, 0.3) is 0 Å². The van der Waals surface area contributed by atoms with Crippen LogP contribution in [0.25, 0.3) is 0 Å². The Balaban J connectivity index is 1.88. The molecule has 134 valence electrons. The molecule has 2 aliphatic heterocycles. The van der Waals surface area contributed by atoms with Crippen LogP contribution < -0.4 is 0 Å². The number of sulfonamides is 1. The van der Waals surface area contributed by atoms with E-state index in [2.05, 4.69) is 0 Å². The summed E-state index contributed by atoms with van der Waals surface area (Å²) >= 11 is 9.10. The number of benzene rings is 1. The van der Waals surface area contributed by atoms with Crippen LogP contribution in [-0.4, -0.2) is 65.8 Å². The molecule has 2 heterocycles. The van der Waals surface area contributed by atoms with Crippen molar-refractivity contribution in [1.82, 2.24) is 9.21 Å². The maximum atomic E-state index is 13.0. The van der Waals surface area contributed by atoms with Crippen molar-refractivity contribution in [3.05, 3.63) is 28.8 Å². The zero-order chi connectivity index (χ0) is 18.0. The molecule has 0 bridgehead atoms. The number of halogens is 1. The fraction of sp³-hybridized carbons (Fsp3) is 0.467. The zero-order valence-electron chi connectivity index (χ0n) is 13.2. The molecule has 0 aliphatic carbocycles. The molecule has 1 amide bonds. The van der Waals surface area contributed by atoms with E-state index in [0.29, 0.717) is 18.8 Å². The molecule has 6 nitrogen and oxygen atoms in total. The average Bonchev–Trinajstić information content (AvgIpc) is 3.12. The number of nitriles is 1. The minimum atomic E-state index is -3.87. The van der Waals surface area contributed by atoms with E-state index in [1.165, 1.54) is 34.3 Å². The molecule has 2 saturated heterocycles. The minimum absolute atomic E-state index is 0.0112. The van der Waals surface area contributed by atoms with Crippen molar-refractivity contribution in [3.8, 4) is 6.07 Å². The van der Waals surface area contributed by atoms with E-state index >= 15 is 0 Å². The highest BCUT2D eigenvalue weighted by atomic mass is 35.5. The highest BCUT2D eigenvalue weighted by Crippen LogP contribution is 2.31. The van der Waals surface area contributed by atoms with Crippen LogP contribution in [0.2, 0.25) is 5.02 Å². The van der Waals surface area contributed by atoms with Gasteiger partial charge in [0, 0.05) is 30.3 Å². The van der Waals surface area contributed by atoms with Gasteiger partial charge >= 0.3 is 0 Å². The van der Waals surface area contributed by atoms with Gasteiger partial charge < -0.3 is 4.90 Å². The van der Waals surface area contributed by atoms with Crippen LogP contribution in [0.1, 0.15) is 5.56 Å². The van der Waals surface area contributed by atoms with E-state index in [1.807, 2.05) is 6.07 Å². The number of hydrogen-bond donors (Lipinski definition) is 0. The third kappa shape index (κ3) is 3.78. The maximum absolute atomic E-state index is 13.0. The molecule has 2 aliphatic rings. The van der Waals surface area contributed by atoms with Crippen LogP contribution >= 0.6 is 35.1 Å². The van der Waals surface area contributed by atoms with E-state index in [4.69, 9.17) is 16.9 Å². The van der Waals surface area contributed by atoms with Gasteiger partial charge in [-0.2, -0.15) is 21.3 Å². The Morgan fingerprint density at radius 2 is 2.00 bits per heavy atom. The Bertz CT molecular complexity index is 819. The largest absolute Gasteiger partial charge is 0.340 e. The topological polar surface area (TPSA) is 81.5 Å². The van der Waals surface area contributed by atoms with Crippen LogP contribution in [0.5, 0.6) is 0 Å². The number of rotatable bonds is 3. The first-order valence-corrected chi connectivity index (χ1v) is 11.7. The third-order valence-electron chi connectivity index (χ3n) is 4.11. The lowest BCUT2D eigenvalue weighted by molar-refractivity contribution is -0.133. The van der Waals surface area contributed by atoms with Crippen molar-refractivity contribution in [2.75, 3.05) is 36.2 Å². The predicted octanol–water partition coefficient (Wildman–Crippen LogP) is 1.85. The second-order valence-corrected chi connectivity index (χ2v) is 10.1. The van der Waals surface area contributed by atoms with Gasteiger partial charge in [-0.1, -0.05) is 11.6 Å². The van der Waals surface area contributed by atoms with Crippen LogP contribution in [0, 0.1) is 11.3 Å². The first-order valence-electron chi connectivity index (χ1n) is 7.61. The molecule has 0 spiro atoms. The molecule has 0 radical (unpaired) electrons. The Labute approximate surface area is 160 Å². The number of nitrogens with zero attached hydrogens (tertiary/aromatic N) is 3. The van der Waals surface area contributed by atoms with Gasteiger partial charge in [0.15, 0.2) is 0 Å². The first-order chi connectivity index (χ1) is 11.9. The SMILES string of the molecule is N#Cc1cc(S(=O)(=O)N2CSCC2C(=O)N2CCSCC2)ccc1Cl. The van der Waals surface area contributed by atoms with Crippen molar-refractivity contribution in [2.24, 2.45) is 0 Å². The molecule has 0 saturated carbocycles. The Kier molecular flexibility index (Phi) is 5.85. The van der Waals surface area contributed by atoms with E-state index in [0.717, 1.165) is 11.5 Å². The lowest BCUT2D eigenvalue weighted by Gasteiger charge is -2.31. The summed E-state index contributed by atoms with van der Waals surface area (Å²) in [5, 5.41) is 9.28. The molecule has 1 aromatic rings. The molecule has 1 aromatic carbocycles. The van der Waals surface area contributed by atoms with Crippen molar-refractivity contribution >= 4 is 51.1 Å². The molecule has 0 N–H and O–H groups in total. The third-order valence-corrected chi connectivity index (χ3v) is 8.41. The van der Waals surface area contributed by atoms with Gasteiger partial charge in [-0.15, -0.1) is 11.8 Å². The molecule has 1 atom stereocenters. The van der Waals surface area contributed by atoms with E-state index in [1.54, 1.807) is 16.7 Å². The van der Waals surface area contributed by atoms with Crippen molar-refractivity contribution in [1.29, 1.82) is 5.26 Å². The minimum Gasteiger partial charge on any atom is -0.340 e. The van der Waals surface area contributed by atoms with Crippen molar-refractivity contribution in [2.45, 2.75) is 10.9 Å². The summed E-state index contributed by atoms with van der Waals surface area (Å²) < 4.78 is 27.2. The van der Waals surface area contributed by atoms with E-state index in [9.17, 15) is 13.2 Å². The Hall–Kier alpha value is -0.920. The van der Waals surface area contributed by atoms with Gasteiger partial charge in [-0.25, -0.2) is 8.42 Å². The molecule has 10 heteroatoms. The average molecular weight is 418 g/mol. The van der Waals surface area contributed by atoms with Gasteiger partial charge in [0.2, 0.25) is 15.9 Å². The highest BCUT2D eigenvalue weighted by molar-refractivity contribution is 8.00. The smallest absolute Gasteiger partial charge is 0.244 e. The standard InChI is InChI=1S/C15H16ClN3O3S3/c16-13-2-1-12(7-11(13)8-17)25(21,22)19-10-24-9-14(19)15(20)18-3-5-23-6-4-18/h1-2,7,14H,3-6,9-10H2. The molecular weight excluding hydrogens is 402 g/mol. The number of amides is 1. The second-order valence-electron chi connectivity index (χ2n) is 5.60. The first kappa shape index (κ1) is 18.9. The predicted molar refractivity (Wildman–Crippen MR) is 100 cm³/mol. The quantitative estimate of drug-likeness (QED) is 0.746.